The number of thiazole rings is 1. The lowest BCUT2D eigenvalue weighted by molar-refractivity contribution is -0.120. The van der Waals surface area contributed by atoms with Gasteiger partial charge >= 0.3 is 0 Å². The molecule has 1 rings (SSSR count). The fraction of sp³-hybridized carbons (Fsp3) is 0.636. The minimum Gasteiger partial charge on any atom is -0.383 e. The second-order valence-corrected chi connectivity index (χ2v) is 4.93. The number of aromatic nitrogens is 1. The Balaban J connectivity index is 2.35. The van der Waals surface area contributed by atoms with Gasteiger partial charge in [0.15, 0.2) is 0 Å². The summed E-state index contributed by atoms with van der Waals surface area (Å²) in [7, 11) is 5.61. The van der Waals surface area contributed by atoms with Gasteiger partial charge in [0.25, 0.3) is 0 Å². The SMILES string of the molecule is COCCNC(=O)Cc1csc(CN(C)C)n1. The maximum absolute atomic E-state index is 11.5. The highest BCUT2D eigenvalue weighted by Gasteiger charge is 2.07. The van der Waals surface area contributed by atoms with Crippen molar-refractivity contribution in [2.45, 2.75) is 13.0 Å². The van der Waals surface area contributed by atoms with Gasteiger partial charge in [0.05, 0.1) is 18.7 Å². The van der Waals surface area contributed by atoms with Crippen molar-refractivity contribution in [3.8, 4) is 0 Å². The number of nitrogens with one attached hydrogen (secondary N) is 1. The number of amides is 1. The van der Waals surface area contributed by atoms with Crippen LogP contribution >= 0.6 is 11.3 Å². The lowest BCUT2D eigenvalue weighted by Crippen LogP contribution is -2.28. The molecular weight excluding hydrogens is 238 g/mol. The molecule has 1 aromatic heterocycles. The van der Waals surface area contributed by atoms with Crippen LogP contribution in [0.15, 0.2) is 5.38 Å². The predicted molar refractivity (Wildman–Crippen MR) is 68.1 cm³/mol. The number of methoxy groups -OCH3 is 1. The molecule has 0 saturated heterocycles. The third-order valence-electron chi connectivity index (χ3n) is 2.02. The monoisotopic (exact) mass is 257 g/mol. The first kappa shape index (κ1) is 14.1. The van der Waals surface area contributed by atoms with E-state index in [4.69, 9.17) is 4.74 Å². The minimum absolute atomic E-state index is 0.0104. The first-order valence-electron chi connectivity index (χ1n) is 5.45. The van der Waals surface area contributed by atoms with Crippen LogP contribution in [0.25, 0.3) is 0 Å². The normalized spacial score (nSPS) is 10.8. The standard InChI is InChI=1S/C11H19N3O2S/c1-14(2)7-11-13-9(8-17-11)6-10(15)12-4-5-16-3/h8H,4-7H2,1-3H3,(H,12,15). The molecule has 1 heterocycles. The smallest absolute Gasteiger partial charge is 0.226 e. The second kappa shape index (κ2) is 7.37. The summed E-state index contributed by atoms with van der Waals surface area (Å²) in [6, 6.07) is 0. The van der Waals surface area contributed by atoms with Crippen LogP contribution in [0, 0.1) is 0 Å². The first-order chi connectivity index (χ1) is 8.11. The maximum Gasteiger partial charge on any atom is 0.226 e. The zero-order valence-corrected chi connectivity index (χ0v) is 11.3. The van der Waals surface area contributed by atoms with Gasteiger partial charge in [-0.2, -0.15) is 0 Å². The molecule has 6 heteroatoms. The lowest BCUT2D eigenvalue weighted by Gasteiger charge is -2.05. The van der Waals surface area contributed by atoms with E-state index in [9.17, 15) is 4.79 Å². The van der Waals surface area contributed by atoms with Crippen LogP contribution < -0.4 is 5.32 Å². The van der Waals surface area contributed by atoms with Gasteiger partial charge in [-0.25, -0.2) is 4.98 Å². The average molecular weight is 257 g/mol. The molecule has 0 radical (unpaired) electrons. The topological polar surface area (TPSA) is 54.5 Å². The van der Waals surface area contributed by atoms with Crippen LogP contribution in [-0.4, -0.2) is 50.1 Å². The molecule has 0 aliphatic carbocycles. The summed E-state index contributed by atoms with van der Waals surface area (Å²) in [4.78, 5) is 18.0. The van der Waals surface area contributed by atoms with Crippen molar-refractivity contribution in [3.05, 3.63) is 16.1 Å². The van der Waals surface area contributed by atoms with Crippen molar-refractivity contribution < 1.29 is 9.53 Å². The van der Waals surface area contributed by atoms with E-state index in [0.717, 1.165) is 17.2 Å². The highest BCUT2D eigenvalue weighted by molar-refractivity contribution is 7.09. The van der Waals surface area contributed by atoms with E-state index in [0.29, 0.717) is 19.6 Å². The largest absolute Gasteiger partial charge is 0.383 e. The third-order valence-corrected chi connectivity index (χ3v) is 2.90. The molecule has 0 atom stereocenters. The Kier molecular flexibility index (Phi) is 6.10. The van der Waals surface area contributed by atoms with Crippen LogP contribution in [0.4, 0.5) is 0 Å². The molecule has 0 bridgehead atoms. The van der Waals surface area contributed by atoms with Crippen molar-refractivity contribution in [1.82, 2.24) is 15.2 Å². The van der Waals surface area contributed by atoms with Crippen molar-refractivity contribution in [2.24, 2.45) is 0 Å². The van der Waals surface area contributed by atoms with Gasteiger partial charge in [0.2, 0.25) is 5.91 Å². The minimum atomic E-state index is -0.0104. The molecule has 0 unspecified atom stereocenters. The molecule has 1 amide bonds. The highest BCUT2D eigenvalue weighted by Crippen LogP contribution is 2.11. The Morgan fingerprint density at radius 2 is 2.35 bits per heavy atom. The van der Waals surface area contributed by atoms with E-state index in [-0.39, 0.29) is 5.91 Å². The summed E-state index contributed by atoms with van der Waals surface area (Å²) in [6.45, 7) is 1.90. The van der Waals surface area contributed by atoms with Gasteiger partial charge in [-0.1, -0.05) is 0 Å². The van der Waals surface area contributed by atoms with Gasteiger partial charge in [-0.05, 0) is 14.1 Å². The Morgan fingerprint density at radius 3 is 3.00 bits per heavy atom. The van der Waals surface area contributed by atoms with Crippen molar-refractivity contribution in [3.63, 3.8) is 0 Å². The van der Waals surface area contributed by atoms with Gasteiger partial charge in [-0.3, -0.25) is 4.79 Å². The molecule has 5 nitrogen and oxygen atoms in total. The summed E-state index contributed by atoms with van der Waals surface area (Å²) >= 11 is 1.59. The van der Waals surface area contributed by atoms with E-state index < -0.39 is 0 Å². The Labute approximate surface area is 106 Å². The van der Waals surface area contributed by atoms with Crippen LogP contribution in [0.5, 0.6) is 0 Å². The molecule has 96 valence electrons. The molecule has 0 aromatic carbocycles. The summed E-state index contributed by atoms with van der Waals surface area (Å²) in [6.07, 6.45) is 0.341. The second-order valence-electron chi connectivity index (χ2n) is 3.99. The van der Waals surface area contributed by atoms with E-state index in [2.05, 4.69) is 15.2 Å². The number of hydrogen-bond donors (Lipinski definition) is 1. The van der Waals surface area contributed by atoms with Crippen LogP contribution in [0.3, 0.4) is 0 Å². The van der Waals surface area contributed by atoms with E-state index in [1.54, 1.807) is 18.4 Å². The summed E-state index contributed by atoms with van der Waals surface area (Å²) < 4.78 is 4.86. The number of carbonyl (C=O) groups excluding carboxylic acids is 1. The van der Waals surface area contributed by atoms with E-state index in [1.165, 1.54) is 0 Å². The summed E-state index contributed by atoms with van der Waals surface area (Å²) in [5.74, 6) is -0.0104. The van der Waals surface area contributed by atoms with E-state index >= 15 is 0 Å². The van der Waals surface area contributed by atoms with Crippen molar-refractivity contribution >= 4 is 17.2 Å². The number of nitrogens with zero attached hydrogens (tertiary/aromatic N) is 2. The van der Waals surface area contributed by atoms with Crippen LogP contribution in [0.2, 0.25) is 0 Å². The fourth-order valence-corrected chi connectivity index (χ4v) is 2.20. The average Bonchev–Trinajstić information content (AvgIpc) is 2.64. The molecule has 0 aliphatic heterocycles. The summed E-state index contributed by atoms with van der Waals surface area (Å²) in [5.41, 5.74) is 0.835. The van der Waals surface area contributed by atoms with Gasteiger partial charge in [0, 0.05) is 25.6 Å². The Bertz CT molecular complexity index is 352. The van der Waals surface area contributed by atoms with Crippen LogP contribution in [0.1, 0.15) is 10.7 Å². The number of rotatable bonds is 7. The zero-order valence-electron chi connectivity index (χ0n) is 10.5. The molecule has 0 fully saturated rings. The Hall–Kier alpha value is -0.980. The van der Waals surface area contributed by atoms with Crippen LogP contribution in [-0.2, 0) is 22.5 Å². The Morgan fingerprint density at radius 1 is 1.59 bits per heavy atom. The molecular formula is C11H19N3O2S. The quantitative estimate of drug-likeness (QED) is 0.723. The number of ether oxygens (including phenoxy) is 1. The van der Waals surface area contributed by atoms with Crippen molar-refractivity contribution in [1.29, 1.82) is 0 Å². The number of hydrogen-bond acceptors (Lipinski definition) is 5. The van der Waals surface area contributed by atoms with Gasteiger partial charge in [0.1, 0.15) is 5.01 Å². The maximum atomic E-state index is 11.5. The highest BCUT2D eigenvalue weighted by atomic mass is 32.1. The molecule has 0 saturated carbocycles. The molecule has 1 N–H and O–H groups in total. The molecule has 17 heavy (non-hydrogen) atoms. The number of carbonyl (C=O) groups is 1. The fourth-order valence-electron chi connectivity index (χ4n) is 1.29. The molecule has 0 spiro atoms. The summed E-state index contributed by atoms with van der Waals surface area (Å²) in [5, 5.41) is 5.75. The van der Waals surface area contributed by atoms with Crippen molar-refractivity contribution in [2.75, 3.05) is 34.4 Å². The molecule has 0 aliphatic rings. The lowest BCUT2D eigenvalue weighted by atomic mass is 10.3. The molecule has 1 aromatic rings. The van der Waals surface area contributed by atoms with E-state index in [1.807, 2.05) is 19.5 Å². The predicted octanol–water partition coefficient (Wildman–Crippen LogP) is 0.510. The van der Waals surface area contributed by atoms with Gasteiger partial charge in [-0.15, -0.1) is 11.3 Å². The van der Waals surface area contributed by atoms with Gasteiger partial charge < -0.3 is 15.0 Å². The first-order valence-corrected chi connectivity index (χ1v) is 6.33. The zero-order chi connectivity index (χ0) is 12.7. The third kappa shape index (κ3) is 5.76.